The van der Waals surface area contributed by atoms with Crippen molar-refractivity contribution in [3.05, 3.63) is 29.3 Å². The summed E-state index contributed by atoms with van der Waals surface area (Å²) in [4.78, 5) is 0. The van der Waals surface area contributed by atoms with Crippen molar-refractivity contribution in [2.24, 2.45) is 5.73 Å². The fraction of sp³-hybridized carbons (Fsp3) is 0.600. The highest BCUT2D eigenvalue weighted by molar-refractivity contribution is 5.39. The first-order valence-corrected chi connectivity index (χ1v) is 6.66. The van der Waals surface area contributed by atoms with Gasteiger partial charge in [0.2, 0.25) is 0 Å². The minimum atomic E-state index is 0.102. The summed E-state index contributed by atoms with van der Waals surface area (Å²) in [6.07, 6.45) is 0. The second kappa shape index (κ2) is 6.76. The maximum Gasteiger partial charge on any atom is 0.122 e. The maximum atomic E-state index is 5.57. The minimum Gasteiger partial charge on any atom is -0.494 e. The average Bonchev–Trinajstić information content (AvgIpc) is 2.32. The van der Waals surface area contributed by atoms with Gasteiger partial charge in [-0.2, -0.15) is 0 Å². The molecule has 0 fully saturated rings. The molecule has 0 bridgehead atoms. The number of benzene rings is 1. The molecule has 18 heavy (non-hydrogen) atoms. The molecule has 0 spiro atoms. The Bertz CT molecular complexity index is 375. The van der Waals surface area contributed by atoms with Crippen LogP contribution in [0, 0.1) is 6.92 Å². The molecule has 1 rings (SSSR count). The highest BCUT2D eigenvalue weighted by Gasteiger charge is 2.20. The van der Waals surface area contributed by atoms with E-state index in [2.05, 4.69) is 44.3 Å². The predicted molar refractivity (Wildman–Crippen MR) is 77.3 cm³/mol. The number of rotatable bonds is 7. The molecule has 0 saturated heterocycles. The van der Waals surface area contributed by atoms with E-state index in [4.69, 9.17) is 10.5 Å². The Kier molecular flexibility index (Phi) is 5.63. The van der Waals surface area contributed by atoms with Crippen molar-refractivity contribution in [2.75, 3.05) is 26.2 Å². The Hall–Kier alpha value is -1.06. The van der Waals surface area contributed by atoms with Gasteiger partial charge in [0.1, 0.15) is 5.75 Å². The van der Waals surface area contributed by atoms with E-state index in [-0.39, 0.29) is 5.41 Å². The van der Waals surface area contributed by atoms with E-state index >= 15 is 0 Å². The summed E-state index contributed by atoms with van der Waals surface area (Å²) in [5.74, 6) is 0.979. The number of ether oxygens (including phenoxy) is 1. The molecular weight excluding hydrogens is 224 g/mol. The third-order valence-electron chi connectivity index (χ3n) is 3.14. The smallest absolute Gasteiger partial charge is 0.122 e. The molecule has 1 aromatic rings. The molecule has 3 nitrogen and oxygen atoms in total. The predicted octanol–water partition coefficient (Wildman–Crippen LogP) is 2.22. The Balaban J connectivity index is 2.79. The van der Waals surface area contributed by atoms with Crippen molar-refractivity contribution in [1.29, 1.82) is 0 Å². The second-order valence-corrected chi connectivity index (χ2v) is 5.26. The van der Waals surface area contributed by atoms with E-state index in [9.17, 15) is 0 Å². The summed E-state index contributed by atoms with van der Waals surface area (Å²) < 4.78 is 5.57. The van der Waals surface area contributed by atoms with Crippen molar-refractivity contribution >= 4 is 0 Å². The van der Waals surface area contributed by atoms with Gasteiger partial charge in [0.15, 0.2) is 0 Å². The van der Waals surface area contributed by atoms with Gasteiger partial charge in [-0.25, -0.2) is 0 Å². The van der Waals surface area contributed by atoms with Crippen LogP contribution in [-0.4, -0.2) is 26.2 Å². The lowest BCUT2D eigenvalue weighted by molar-refractivity contribution is 0.337. The molecule has 3 heteroatoms. The molecular formula is C15H26N2O. The summed E-state index contributed by atoms with van der Waals surface area (Å²) in [5, 5.41) is 3.38. The van der Waals surface area contributed by atoms with Crippen LogP contribution in [0.2, 0.25) is 0 Å². The van der Waals surface area contributed by atoms with Gasteiger partial charge in [0.25, 0.3) is 0 Å². The van der Waals surface area contributed by atoms with Crippen LogP contribution < -0.4 is 15.8 Å². The SMILES string of the molecule is CCOc1ccc(C(C)(C)CNCCN)cc1C. The van der Waals surface area contributed by atoms with Crippen molar-refractivity contribution < 1.29 is 4.74 Å². The normalized spacial score (nSPS) is 11.6. The van der Waals surface area contributed by atoms with E-state index in [0.29, 0.717) is 13.2 Å². The molecule has 0 aromatic heterocycles. The van der Waals surface area contributed by atoms with Gasteiger partial charge in [0.05, 0.1) is 6.61 Å². The van der Waals surface area contributed by atoms with Crippen LogP contribution in [0.1, 0.15) is 31.9 Å². The molecule has 0 aliphatic heterocycles. The Morgan fingerprint density at radius 3 is 2.61 bits per heavy atom. The summed E-state index contributed by atoms with van der Waals surface area (Å²) in [5.41, 5.74) is 8.12. The topological polar surface area (TPSA) is 47.3 Å². The summed E-state index contributed by atoms with van der Waals surface area (Å²) >= 11 is 0. The van der Waals surface area contributed by atoms with Gasteiger partial charge in [-0.05, 0) is 31.0 Å². The molecule has 0 atom stereocenters. The summed E-state index contributed by atoms with van der Waals surface area (Å²) in [6, 6.07) is 6.44. The van der Waals surface area contributed by atoms with Crippen LogP contribution in [-0.2, 0) is 5.41 Å². The van der Waals surface area contributed by atoms with E-state index in [1.54, 1.807) is 0 Å². The fourth-order valence-electron chi connectivity index (χ4n) is 1.99. The molecule has 1 aromatic carbocycles. The molecule has 0 amide bonds. The summed E-state index contributed by atoms with van der Waals surface area (Å²) in [6.45, 7) is 11.8. The lowest BCUT2D eigenvalue weighted by Crippen LogP contribution is -2.35. The van der Waals surface area contributed by atoms with Crippen LogP contribution in [0.4, 0.5) is 0 Å². The van der Waals surface area contributed by atoms with Crippen LogP contribution in [0.15, 0.2) is 18.2 Å². The van der Waals surface area contributed by atoms with Crippen LogP contribution >= 0.6 is 0 Å². The maximum absolute atomic E-state index is 5.57. The molecule has 3 N–H and O–H groups in total. The number of hydrogen-bond donors (Lipinski definition) is 2. The Morgan fingerprint density at radius 2 is 2.06 bits per heavy atom. The number of nitrogens with two attached hydrogens (primary N) is 1. The minimum absolute atomic E-state index is 0.102. The number of aryl methyl sites for hydroxylation is 1. The van der Waals surface area contributed by atoms with Gasteiger partial charge >= 0.3 is 0 Å². The first-order valence-electron chi connectivity index (χ1n) is 6.66. The first kappa shape index (κ1) is 15.0. The molecule has 0 aliphatic carbocycles. The quantitative estimate of drug-likeness (QED) is 0.729. The molecule has 0 saturated carbocycles. The van der Waals surface area contributed by atoms with E-state index < -0.39 is 0 Å². The Labute approximate surface area is 111 Å². The van der Waals surface area contributed by atoms with E-state index in [1.165, 1.54) is 11.1 Å². The Morgan fingerprint density at radius 1 is 1.33 bits per heavy atom. The standard InChI is InChI=1S/C15H26N2O/c1-5-18-14-7-6-13(10-12(14)2)15(3,4)11-17-9-8-16/h6-7,10,17H,5,8-9,11,16H2,1-4H3. The fourth-order valence-corrected chi connectivity index (χ4v) is 1.99. The van der Waals surface area contributed by atoms with Gasteiger partial charge in [-0.15, -0.1) is 0 Å². The largest absolute Gasteiger partial charge is 0.494 e. The van der Waals surface area contributed by atoms with Crippen molar-refractivity contribution in [2.45, 2.75) is 33.1 Å². The first-order chi connectivity index (χ1) is 8.51. The van der Waals surface area contributed by atoms with Crippen molar-refractivity contribution in [3.63, 3.8) is 0 Å². The van der Waals surface area contributed by atoms with Crippen LogP contribution in [0.25, 0.3) is 0 Å². The number of hydrogen-bond acceptors (Lipinski definition) is 3. The molecule has 0 heterocycles. The second-order valence-electron chi connectivity index (χ2n) is 5.26. The van der Waals surface area contributed by atoms with Gasteiger partial charge < -0.3 is 15.8 Å². The zero-order chi connectivity index (χ0) is 13.6. The molecule has 102 valence electrons. The van der Waals surface area contributed by atoms with E-state index in [1.807, 2.05) is 6.92 Å². The van der Waals surface area contributed by atoms with E-state index in [0.717, 1.165) is 18.8 Å². The van der Waals surface area contributed by atoms with Crippen molar-refractivity contribution in [3.8, 4) is 5.75 Å². The molecule has 0 aliphatic rings. The van der Waals surface area contributed by atoms with Gasteiger partial charge in [0, 0.05) is 25.0 Å². The van der Waals surface area contributed by atoms with Crippen LogP contribution in [0.5, 0.6) is 5.75 Å². The summed E-state index contributed by atoms with van der Waals surface area (Å²) in [7, 11) is 0. The molecule has 0 radical (unpaired) electrons. The van der Waals surface area contributed by atoms with Crippen LogP contribution in [0.3, 0.4) is 0 Å². The highest BCUT2D eigenvalue weighted by atomic mass is 16.5. The average molecular weight is 250 g/mol. The highest BCUT2D eigenvalue weighted by Crippen LogP contribution is 2.27. The third-order valence-corrected chi connectivity index (χ3v) is 3.14. The third kappa shape index (κ3) is 4.00. The monoisotopic (exact) mass is 250 g/mol. The lowest BCUT2D eigenvalue weighted by Gasteiger charge is -2.26. The lowest BCUT2D eigenvalue weighted by atomic mass is 9.83. The zero-order valence-corrected chi connectivity index (χ0v) is 12.0. The van der Waals surface area contributed by atoms with Gasteiger partial charge in [-0.3, -0.25) is 0 Å². The van der Waals surface area contributed by atoms with Crippen molar-refractivity contribution in [1.82, 2.24) is 5.32 Å². The van der Waals surface area contributed by atoms with Gasteiger partial charge in [-0.1, -0.05) is 26.0 Å². The number of nitrogens with one attached hydrogen (secondary N) is 1. The zero-order valence-electron chi connectivity index (χ0n) is 12.0. The molecule has 0 unspecified atom stereocenters.